The average molecular weight is 272 g/mol. The highest BCUT2D eigenvalue weighted by Crippen LogP contribution is 2.23. The fourth-order valence-corrected chi connectivity index (χ4v) is 1.44. The van der Waals surface area contributed by atoms with E-state index in [1.54, 1.807) is 0 Å². The zero-order chi connectivity index (χ0) is 12.8. The van der Waals surface area contributed by atoms with Crippen LogP contribution >= 0.6 is 23.2 Å². The van der Waals surface area contributed by atoms with Crippen LogP contribution in [0.15, 0.2) is 12.1 Å². The minimum Gasteiger partial charge on any atom is -0.465 e. The van der Waals surface area contributed by atoms with Crippen molar-refractivity contribution < 1.29 is 14.7 Å². The van der Waals surface area contributed by atoms with Gasteiger partial charge in [-0.2, -0.15) is 0 Å². The first kappa shape index (κ1) is 13.4. The van der Waals surface area contributed by atoms with E-state index in [-0.39, 0.29) is 17.1 Å². The van der Waals surface area contributed by atoms with Crippen LogP contribution in [0.5, 0.6) is 0 Å². The van der Waals surface area contributed by atoms with Crippen molar-refractivity contribution in [1.82, 2.24) is 5.32 Å². The van der Waals surface area contributed by atoms with E-state index >= 15 is 0 Å². The average Bonchev–Trinajstić information content (AvgIpc) is 2.28. The molecule has 0 aliphatic rings. The van der Waals surface area contributed by atoms with Gasteiger partial charge in [-0.05, 0) is 12.1 Å². The molecule has 0 saturated heterocycles. The summed E-state index contributed by atoms with van der Waals surface area (Å²) in [5.41, 5.74) is 0.723. The molecule has 0 aromatic heterocycles. The maximum absolute atomic E-state index is 10.6. The normalized spacial score (nSPS) is 9.06. The second-order valence-electron chi connectivity index (χ2n) is 2.93. The summed E-state index contributed by atoms with van der Waals surface area (Å²) >= 11 is 11.7. The van der Waals surface area contributed by atoms with E-state index in [0.29, 0.717) is 16.9 Å². The Morgan fingerprint density at radius 2 is 2.12 bits per heavy atom. The van der Waals surface area contributed by atoms with Crippen LogP contribution in [0, 0.1) is 11.8 Å². The molecule has 0 unspecified atom stereocenters. The van der Waals surface area contributed by atoms with Gasteiger partial charge in [-0.1, -0.05) is 35.0 Å². The van der Waals surface area contributed by atoms with Gasteiger partial charge in [0.15, 0.2) is 6.29 Å². The predicted molar refractivity (Wildman–Crippen MR) is 64.8 cm³/mol. The van der Waals surface area contributed by atoms with E-state index in [1.807, 2.05) is 0 Å². The van der Waals surface area contributed by atoms with Crippen LogP contribution in [0.2, 0.25) is 10.0 Å². The highest BCUT2D eigenvalue weighted by Gasteiger charge is 2.04. The Kier molecular flexibility index (Phi) is 4.83. The molecule has 0 atom stereocenters. The molecule has 4 nitrogen and oxygen atoms in total. The van der Waals surface area contributed by atoms with Gasteiger partial charge in [0.1, 0.15) is 0 Å². The number of aldehydes is 1. The zero-order valence-corrected chi connectivity index (χ0v) is 9.97. The van der Waals surface area contributed by atoms with Crippen LogP contribution in [0.25, 0.3) is 0 Å². The number of hydrogen-bond acceptors (Lipinski definition) is 2. The molecule has 0 spiro atoms. The Bertz CT molecular complexity index is 517. The van der Waals surface area contributed by atoms with Crippen molar-refractivity contribution >= 4 is 35.6 Å². The molecule has 88 valence electrons. The van der Waals surface area contributed by atoms with Crippen molar-refractivity contribution in [3.8, 4) is 11.8 Å². The second kappa shape index (κ2) is 6.14. The van der Waals surface area contributed by atoms with Gasteiger partial charge in [-0.25, -0.2) is 4.79 Å². The van der Waals surface area contributed by atoms with Gasteiger partial charge in [0.2, 0.25) is 0 Å². The van der Waals surface area contributed by atoms with Crippen molar-refractivity contribution in [1.29, 1.82) is 0 Å². The zero-order valence-electron chi connectivity index (χ0n) is 8.46. The monoisotopic (exact) mass is 271 g/mol. The van der Waals surface area contributed by atoms with Crippen LogP contribution in [0.4, 0.5) is 4.79 Å². The molecule has 2 N–H and O–H groups in total. The largest absolute Gasteiger partial charge is 0.465 e. The van der Waals surface area contributed by atoms with Crippen molar-refractivity contribution in [2.24, 2.45) is 0 Å². The molecule has 1 aromatic rings. The first-order valence-corrected chi connectivity index (χ1v) is 5.20. The van der Waals surface area contributed by atoms with E-state index in [4.69, 9.17) is 28.3 Å². The summed E-state index contributed by atoms with van der Waals surface area (Å²) in [4.78, 5) is 20.7. The summed E-state index contributed by atoms with van der Waals surface area (Å²) in [5.74, 6) is 5.22. The minimum absolute atomic E-state index is 0.0152. The van der Waals surface area contributed by atoms with Gasteiger partial charge < -0.3 is 10.4 Å². The fourth-order valence-electron chi connectivity index (χ4n) is 1.01. The summed E-state index contributed by atoms with van der Waals surface area (Å²) in [6, 6.07) is 2.87. The summed E-state index contributed by atoms with van der Waals surface area (Å²) < 4.78 is 0. The number of amides is 1. The van der Waals surface area contributed by atoms with E-state index in [9.17, 15) is 9.59 Å². The SMILES string of the molecule is O=Cc1cc(Cl)c(C#CCNC(=O)O)cc1Cl. The lowest BCUT2D eigenvalue weighted by Crippen LogP contribution is -2.20. The highest BCUT2D eigenvalue weighted by atomic mass is 35.5. The van der Waals surface area contributed by atoms with Crippen LogP contribution in [0.3, 0.4) is 0 Å². The Morgan fingerprint density at radius 1 is 1.41 bits per heavy atom. The number of nitrogens with one attached hydrogen (secondary N) is 1. The quantitative estimate of drug-likeness (QED) is 0.641. The highest BCUT2D eigenvalue weighted by molar-refractivity contribution is 6.35. The third-order valence-corrected chi connectivity index (χ3v) is 2.40. The Balaban J connectivity index is 2.88. The Labute approximate surface area is 108 Å². The van der Waals surface area contributed by atoms with Crippen LogP contribution in [0.1, 0.15) is 15.9 Å². The van der Waals surface area contributed by atoms with E-state index < -0.39 is 6.09 Å². The Hall–Kier alpha value is -1.70. The Morgan fingerprint density at radius 3 is 2.71 bits per heavy atom. The molecule has 0 bridgehead atoms. The number of halogens is 2. The molecule has 1 amide bonds. The predicted octanol–water partition coefficient (Wildman–Crippen LogP) is 2.43. The molecular weight excluding hydrogens is 265 g/mol. The minimum atomic E-state index is -1.15. The number of carbonyl (C=O) groups excluding carboxylic acids is 1. The first-order valence-electron chi connectivity index (χ1n) is 4.44. The smallest absolute Gasteiger partial charge is 0.405 e. The summed E-state index contributed by atoms with van der Waals surface area (Å²) in [5, 5.41) is 10.9. The van der Waals surface area contributed by atoms with E-state index in [2.05, 4.69) is 17.2 Å². The maximum Gasteiger partial charge on any atom is 0.405 e. The van der Waals surface area contributed by atoms with E-state index in [1.165, 1.54) is 12.1 Å². The number of carbonyl (C=O) groups is 2. The molecular formula is C11H7Cl2NO3. The molecule has 0 saturated carbocycles. The van der Waals surface area contributed by atoms with Gasteiger partial charge in [0.05, 0.1) is 16.6 Å². The van der Waals surface area contributed by atoms with Crippen molar-refractivity contribution in [3.63, 3.8) is 0 Å². The first-order chi connectivity index (χ1) is 8.04. The number of rotatable bonds is 2. The molecule has 0 heterocycles. The molecule has 0 aliphatic carbocycles. The molecule has 1 aromatic carbocycles. The molecule has 6 heteroatoms. The number of hydrogen-bond donors (Lipinski definition) is 2. The third-order valence-electron chi connectivity index (χ3n) is 1.76. The molecule has 1 rings (SSSR count). The second-order valence-corrected chi connectivity index (χ2v) is 3.75. The van der Waals surface area contributed by atoms with Gasteiger partial charge in [-0.15, -0.1) is 0 Å². The summed E-state index contributed by atoms with van der Waals surface area (Å²) in [6.45, 7) is -0.0152. The third kappa shape index (κ3) is 3.99. The van der Waals surface area contributed by atoms with Crippen molar-refractivity contribution in [2.45, 2.75) is 0 Å². The van der Waals surface area contributed by atoms with Crippen LogP contribution in [-0.2, 0) is 0 Å². The van der Waals surface area contributed by atoms with Crippen LogP contribution in [-0.4, -0.2) is 24.0 Å². The number of benzene rings is 1. The number of carboxylic acid groups (broad SMARTS) is 1. The summed E-state index contributed by atoms with van der Waals surface area (Å²) in [7, 11) is 0. The summed E-state index contributed by atoms with van der Waals surface area (Å²) in [6.07, 6.45) is -0.558. The standard InChI is InChI=1S/C11H7Cl2NO3/c12-9-5-8(6-15)10(13)4-7(9)2-1-3-14-11(16)17/h4-6,14H,3H2,(H,16,17). The molecule has 17 heavy (non-hydrogen) atoms. The van der Waals surface area contributed by atoms with Gasteiger partial charge in [-0.3, -0.25) is 4.79 Å². The van der Waals surface area contributed by atoms with Gasteiger partial charge in [0.25, 0.3) is 0 Å². The lowest BCUT2D eigenvalue weighted by atomic mass is 10.1. The van der Waals surface area contributed by atoms with Crippen molar-refractivity contribution in [3.05, 3.63) is 33.3 Å². The maximum atomic E-state index is 10.6. The molecule has 0 aliphatic heterocycles. The van der Waals surface area contributed by atoms with Gasteiger partial charge >= 0.3 is 6.09 Å². The fraction of sp³-hybridized carbons (Fsp3) is 0.0909. The van der Waals surface area contributed by atoms with E-state index in [0.717, 1.165) is 0 Å². The van der Waals surface area contributed by atoms with Crippen molar-refractivity contribution in [2.75, 3.05) is 6.54 Å². The van der Waals surface area contributed by atoms with Crippen LogP contribution < -0.4 is 5.32 Å². The lowest BCUT2D eigenvalue weighted by Gasteiger charge is -2.00. The van der Waals surface area contributed by atoms with Gasteiger partial charge in [0, 0.05) is 11.1 Å². The molecule has 0 radical (unpaired) electrons. The topological polar surface area (TPSA) is 66.4 Å². The molecule has 0 fully saturated rings. The lowest BCUT2D eigenvalue weighted by molar-refractivity contribution is 0.112.